The molecule has 0 aliphatic rings. The summed E-state index contributed by atoms with van der Waals surface area (Å²) in [4.78, 5) is 29.7. The van der Waals surface area contributed by atoms with Gasteiger partial charge in [-0.25, -0.2) is 9.78 Å². The van der Waals surface area contributed by atoms with E-state index in [-0.39, 0.29) is 12.2 Å². The number of hydrogen-bond donors (Lipinski definition) is 1. The van der Waals surface area contributed by atoms with Gasteiger partial charge in [-0.1, -0.05) is 0 Å². The number of nitrogens with zero attached hydrogens (tertiary/aromatic N) is 2. The van der Waals surface area contributed by atoms with Gasteiger partial charge in [-0.2, -0.15) is 0 Å². The number of imidazole rings is 1. The van der Waals surface area contributed by atoms with Crippen LogP contribution in [0.3, 0.4) is 0 Å². The molecular formula is C10H11N3O3. The molecule has 2 heterocycles. The molecular weight excluding hydrogens is 210 g/mol. The van der Waals surface area contributed by atoms with E-state index in [2.05, 4.69) is 9.97 Å². The summed E-state index contributed by atoms with van der Waals surface area (Å²) in [5, 5.41) is 0. The predicted molar refractivity (Wildman–Crippen MR) is 57.3 cm³/mol. The van der Waals surface area contributed by atoms with Crippen LogP contribution in [-0.2, 0) is 11.8 Å². The maximum absolute atomic E-state index is 11.6. The predicted octanol–water partition coefficient (Wildman–Crippen LogP) is 0.438. The Hall–Kier alpha value is -2.11. The fourth-order valence-corrected chi connectivity index (χ4v) is 1.44. The molecule has 84 valence electrons. The molecule has 0 bridgehead atoms. The lowest BCUT2D eigenvalue weighted by Gasteiger charge is -2.00. The summed E-state index contributed by atoms with van der Waals surface area (Å²) in [7, 11) is 1.76. The molecule has 2 aromatic heterocycles. The Bertz CT molecular complexity index is 597. The minimum atomic E-state index is -0.628. The molecule has 0 amide bonds. The molecule has 0 radical (unpaired) electrons. The topological polar surface area (TPSA) is 77.0 Å². The third-order valence-corrected chi connectivity index (χ3v) is 2.22. The van der Waals surface area contributed by atoms with Gasteiger partial charge in [-0.05, 0) is 13.0 Å². The van der Waals surface area contributed by atoms with E-state index in [1.807, 2.05) is 0 Å². The number of nitrogens with one attached hydrogen (secondary N) is 1. The Morgan fingerprint density at radius 3 is 3.06 bits per heavy atom. The standard InChI is InChI=1S/C10H11N3O3/c1-3-16-10(15)6-4-7-8(12-9(6)14)13(2)5-11-7/h4-5H,3H2,1-2H3,(H,12,14). The zero-order chi connectivity index (χ0) is 11.7. The van der Waals surface area contributed by atoms with E-state index in [1.54, 1.807) is 24.9 Å². The SMILES string of the molecule is CCOC(=O)c1cc2ncn(C)c2[nH]c1=O. The van der Waals surface area contributed by atoms with Gasteiger partial charge in [0.05, 0.1) is 12.9 Å². The summed E-state index contributed by atoms with van der Waals surface area (Å²) in [6.45, 7) is 1.92. The Morgan fingerprint density at radius 2 is 2.38 bits per heavy atom. The van der Waals surface area contributed by atoms with Crippen LogP contribution in [0.2, 0.25) is 0 Å². The van der Waals surface area contributed by atoms with Crippen LogP contribution in [0.4, 0.5) is 0 Å². The minimum absolute atomic E-state index is 0.0203. The van der Waals surface area contributed by atoms with E-state index >= 15 is 0 Å². The summed E-state index contributed by atoms with van der Waals surface area (Å²) in [5.74, 6) is -0.628. The molecule has 0 aliphatic carbocycles. The van der Waals surface area contributed by atoms with Crippen molar-refractivity contribution < 1.29 is 9.53 Å². The number of aromatic nitrogens is 3. The minimum Gasteiger partial charge on any atom is -0.462 e. The van der Waals surface area contributed by atoms with Gasteiger partial charge in [-0.3, -0.25) is 4.79 Å². The van der Waals surface area contributed by atoms with Crippen LogP contribution in [0.15, 0.2) is 17.2 Å². The number of aryl methyl sites for hydroxylation is 1. The highest BCUT2D eigenvalue weighted by molar-refractivity contribution is 5.92. The van der Waals surface area contributed by atoms with Crippen LogP contribution in [0.1, 0.15) is 17.3 Å². The van der Waals surface area contributed by atoms with Crippen molar-refractivity contribution in [2.75, 3.05) is 6.61 Å². The fraction of sp³-hybridized carbons (Fsp3) is 0.300. The molecule has 0 spiro atoms. The zero-order valence-electron chi connectivity index (χ0n) is 8.98. The quantitative estimate of drug-likeness (QED) is 0.746. The molecule has 6 nitrogen and oxygen atoms in total. The smallest absolute Gasteiger partial charge is 0.343 e. The largest absolute Gasteiger partial charge is 0.462 e. The number of rotatable bonds is 2. The first-order chi connectivity index (χ1) is 7.63. The van der Waals surface area contributed by atoms with Crippen molar-refractivity contribution in [3.8, 4) is 0 Å². The van der Waals surface area contributed by atoms with Gasteiger partial charge in [0.15, 0.2) is 0 Å². The number of pyridine rings is 1. The van der Waals surface area contributed by atoms with Gasteiger partial charge < -0.3 is 14.3 Å². The van der Waals surface area contributed by atoms with E-state index in [0.717, 1.165) is 0 Å². The van der Waals surface area contributed by atoms with Crippen LogP contribution >= 0.6 is 0 Å². The van der Waals surface area contributed by atoms with Crippen LogP contribution in [0, 0.1) is 0 Å². The van der Waals surface area contributed by atoms with Crippen LogP contribution in [-0.4, -0.2) is 27.1 Å². The number of aromatic amines is 1. The van der Waals surface area contributed by atoms with Gasteiger partial charge in [0.2, 0.25) is 0 Å². The number of hydrogen-bond acceptors (Lipinski definition) is 4. The number of H-pyrrole nitrogens is 1. The van der Waals surface area contributed by atoms with Crippen molar-refractivity contribution >= 4 is 17.1 Å². The second-order valence-corrected chi connectivity index (χ2v) is 3.32. The lowest BCUT2D eigenvalue weighted by molar-refractivity contribution is 0.0524. The molecule has 0 saturated heterocycles. The zero-order valence-corrected chi connectivity index (χ0v) is 8.98. The molecule has 0 saturated carbocycles. The maximum atomic E-state index is 11.6. The number of fused-ring (bicyclic) bond motifs is 1. The van der Waals surface area contributed by atoms with E-state index in [4.69, 9.17) is 4.74 Å². The molecule has 0 aliphatic heterocycles. The van der Waals surface area contributed by atoms with Crippen molar-refractivity contribution in [3.63, 3.8) is 0 Å². The molecule has 0 unspecified atom stereocenters. The molecule has 0 fully saturated rings. The fourth-order valence-electron chi connectivity index (χ4n) is 1.44. The Balaban J connectivity index is 2.59. The van der Waals surface area contributed by atoms with Crippen LogP contribution in [0.25, 0.3) is 11.2 Å². The van der Waals surface area contributed by atoms with Gasteiger partial charge in [0.1, 0.15) is 16.7 Å². The van der Waals surface area contributed by atoms with Gasteiger partial charge in [0.25, 0.3) is 5.56 Å². The molecule has 0 atom stereocenters. The van der Waals surface area contributed by atoms with Crippen molar-refractivity contribution in [2.24, 2.45) is 7.05 Å². The monoisotopic (exact) mass is 221 g/mol. The second-order valence-electron chi connectivity index (χ2n) is 3.32. The van der Waals surface area contributed by atoms with Crippen molar-refractivity contribution in [2.45, 2.75) is 6.92 Å². The normalized spacial score (nSPS) is 10.6. The summed E-state index contributed by atoms with van der Waals surface area (Å²) in [6.07, 6.45) is 1.57. The highest BCUT2D eigenvalue weighted by Crippen LogP contribution is 2.08. The third kappa shape index (κ3) is 1.58. The van der Waals surface area contributed by atoms with Crippen molar-refractivity contribution in [3.05, 3.63) is 28.3 Å². The van der Waals surface area contributed by atoms with E-state index in [9.17, 15) is 9.59 Å². The highest BCUT2D eigenvalue weighted by atomic mass is 16.5. The van der Waals surface area contributed by atoms with Gasteiger partial charge in [-0.15, -0.1) is 0 Å². The Labute approximate surface area is 90.9 Å². The number of carbonyl (C=O) groups is 1. The first-order valence-corrected chi connectivity index (χ1v) is 4.85. The summed E-state index contributed by atoms with van der Waals surface area (Å²) < 4.78 is 6.44. The number of ether oxygens (including phenoxy) is 1. The third-order valence-electron chi connectivity index (χ3n) is 2.22. The Kier molecular flexibility index (Phi) is 2.47. The summed E-state index contributed by atoms with van der Waals surface area (Å²) in [5.41, 5.74) is 0.658. The molecule has 1 N–H and O–H groups in total. The molecule has 6 heteroatoms. The van der Waals surface area contributed by atoms with Crippen LogP contribution < -0.4 is 5.56 Å². The molecule has 16 heavy (non-hydrogen) atoms. The first kappa shape index (κ1) is 10.4. The summed E-state index contributed by atoms with van der Waals surface area (Å²) in [6, 6.07) is 1.44. The Morgan fingerprint density at radius 1 is 1.62 bits per heavy atom. The molecule has 2 rings (SSSR count). The summed E-state index contributed by atoms with van der Waals surface area (Å²) >= 11 is 0. The van der Waals surface area contributed by atoms with E-state index < -0.39 is 11.5 Å². The first-order valence-electron chi connectivity index (χ1n) is 4.85. The average Bonchev–Trinajstić information content (AvgIpc) is 2.59. The van der Waals surface area contributed by atoms with Crippen LogP contribution in [0.5, 0.6) is 0 Å². The highest BCUT2D eigenvalue weighted by Gasteiger charge is 2.14. The van der Waals surface area contributed by atoms with E-state index in [1.165, 1.54) is 6.07 Å². The number of carbonyl (C=O) groups excluding carboxylic acids is 1. The lowest BCUT2D eigenvalue weighted by Crippen LogP contribution is -2.19. The van der Waals surface area contributed by atoms with Gasteiger partial charge >= 0.3 is 5.97 Å². The lowest BCUT2D eigenvalue weighted by atomic mass is 10.2. The molecule has 0 aromatic carbocycles. The maximum Gasteiger partial charge on any atom is 0.343 e. The second kappa shape index (κ2) is 3.80. The molecule has 2 aromatic rings. The van der Waals surface area contributed by atoms with E-state index in [0.29, 0.717) is 11.2 Å². The van der Waals surface area contributed by atoms with Crippen molar-refractivity contribution in [1.29, 1.82) is 0 Å². The number of esters is 1. The van der Waals surface area contributed by atoms with Gasteiger partial charge in [0, 0.05) is 7.05 Å². The van der Waals surface area contributed by atoms with Crippen molar-refractivity contribution in [1.82, 2.24) is 14.5 Å². The average molecular weight is 221 g/mol.